The maximum atomic E-state index is 14.8. The zero-order valence-electron chi connectivity index (χ0n) is 33.3. The van der Waals surface area contributed by atoms with Crippen molar-refractivity contribution in [1.29, 1.82) is 0 Å². The molecule has 12 nitrogen and oxygen atoms in total. The Morgan fingerprint density at radius 2 is 1.83 bits per heavy atom. The van der Waals surface area contributed by atoms with E-state index in [1.165, 1.54) is 11.1 Å². The molecule has 1 saturated heterocycles. The maximum Gasteiger partial charge on any atom is 0.427 e. The van der Waals surface area contributed by atoms with Gasteiger partial charge < -0.3 is 19.1 Å². The largest absolute Gasteiger partial charge is 0.492 e. The number of esters is 1. The van der Waals surface area contributed by atoms with E-state index in [0.717, 1.165) is 13.8 Å². The Balaban J connectivity index is 1.36. The average Bonchev–Trinajstić information content (AvgIpc) is 4.06. The summed E-state index contributed by atoms with van der Waals surface area (Å²) in [5, 5.41) is 0.761. The lowest BCUT2D eigenvalue weighted by atomic mass is 9.82. The first-order valence-corrected chi connectivity index (χ1v) is 21.8. The molecule has 4 aliphatic rings. The van der Waals surface area contributed by atoms with Gasteiger partial charge in [0.15, 0.2) is 5.78 Å². The molecular weight excluding hydrogens is 803 g/mol. The third-order valence-electron chi connectivity index (χ3n) is 12.0. The van der Waals surface area contributed by atoms with Crippen molar-refractivity contribution in [3.8, 4) is 11.6 Å². The number of carbonyl (C=O) groups excluding carboxylic acids is 4. The van der Waals surface area contributed by atoms with Gasteiger partial charge in [0, 0.05) is 23.6 Å². The van der Waals surface area contributed by atoms with E-state index in [9.17, 15) is 40.8 Å². The van der Waals surface area contributed by atoms with Crippen LogP contribution in [0.25, 0.3) is 10.8 Å². The first-order chi connectivity index (χ1) is 27.2. The van der Waals surface area contributed by atoms with Gasteiger partial charge in [0.05, 0.1) is 53.4 Å². The lowest BCUT2D eigenvalue weighted by molar-refractivity contribution is -0.257. The van der Waals surface area contributed by atoms with Crippen LogP contribution in [0.15, 0.2) is 36.5 Å². The molecule has 2 aliphatic carbocycles. The Bertz CT molecular complexity index is 2080. The highest BCUT2D eigenvalue weighted by Gasteiger charge is 2.62. The fourth-order valence-electron chi connectivity index (χ4n) is 8.27. The summed E-state index contributed by atoms with van der Waals surface area (Å²) < 4.78 is 86.5. The van der Waals surface area contributed by atoms with Gasteiger partial charge in [-0.2, -0.15) is 13.2 Å². The van der Waals surface area contributed by atoms with Crippen molar-refractivity contribution >= 4 is 56.0 Å². The van der Waals surface area contributed by atoms with Gasteiger partial charge in [0.25, 0.3) is 0 Å². The van der Waals surface area contributed by atoms with E-state index in [4.69, 9.17) is 25.8 Å². The highest BCUT2D eigenvalue weighted by atomic mass is 35.5. The Morgan fingerprint density at radius 1 is 1.10 bits per heavy atom. The molecule has 318 valence electrons. The van der Waals surface area contributed by atoms with Gasteiger partial charge in [-0.15, -0.1) is 0 Å². The van der Waals surface area contributed by atoms with E-state index < -0.39 is 92.4 Å². The molecule has 17 heteroatoms. The van der Waals surface area contributed by atoms with E-state index >= 15 is 0 Å². The number of pyridine rings is 1. The number of amides is 2. The number of fused-ring (bicyclic) bond motifs is 3. The number of hydrogen-bond donors (Lipinski definition) is 1. The Kier molecular flexibility index (Phi) is 12.5. The van der Waals surface area contributed by atoms with Crippen molar-refractivity contribution in [2.45, 2.75) is 122 Å². The standard InChI is InChI=1S/C41H51ClF3N3O9S/c1-6-55-33-21-46-36(28-12-9-13-30(42)35(28)33)56-26-17-31-32(49)20-40(38(52)47-58(53,54)27-14-15-27)19-25(40)11-8-7-10-23(2)16-24(3)29(37(51)48(31)22-26)18-34(50)57-39(4,5)41(43,44)45/h8-9,11-13,21,23-27,29,31H,6-7,10,14-20,22H2,1-5H3,(H,47,52)/b11-8-/t23-,24-,25-,26-,29+,31+,40-/m1/s1. The molecule has 1 aromatic carbocycles. The predicted molar refractivity (Wildman–Crippen MR) is 208 cm³/mol. The molecule has 0 spiro atoms. The molecule has 58 heavy (non-hydrogen) atoms. The van der Waals surface area contributed by atoms with Crippen LogP contribution in [0.3, 0.4) is 0 Å². The second kappa shape index (κ2) is 16.6. The van der Waals surface area contributed by atoms with Crippen molar-refractivity contribution in [1.82, 2.24) is 14.6 Å². The molecule has 7 atom stereocenters. The molecule has 3 heterocycles. The van der Waals surface area contributed by atoms with Gasteiger partial charge >= 0.3 is 12.1 Å². The number of allylic oxidation sites excluding steroid dienone is 2. The zero-order chi connectivity index (χ0) is 42.4. The van der Waals surface area contributed by atoms with E-state index in [1.807, 2.05) is 26.0 Å². The Morgan fingerprint density at radius 3 is 2.50 bits per heavy atom. The monoisotopic (exact) mass is 853 g/mol. The molecule has 2 aliphatic heterocycles. The lowest BCUT2D eigenvalue weighted by Crippen LogP contribution is -2.48. The highest BCUT2D eigenvalue weighted by Crippen LogP contribution is 2.57. The van der Waals surface area contributed by atoms with Crippen LogP contribution in [-0.4, -0.2) is 84.2 Å². The number of aromatic nitrogens is 1. The number of benzene rings is 1. The van der Waals surface area contributed by atoms with Gasteiger partial charge in [-0.1, -0.05) is 43.7 Å². The van der Waals surface area contributed by atoms with Gasteiger partial charge in [0.1, 0.15) is 11.9 Å². The number of Topliss-reactive ketones (excluding diaryl/α,β-unsaturated/α-hetero) is 1. The normalized spacial score (nSPS) is 29.1. The summed E-state index contributed by atoms with van der Waals surface area (Å²) in [6.07, 6.45) is 1.17. The fraction of sp³-hybridized carbons (Fsp3) is 0.634. The molecule has 2 amide bonds. The predicted octanol–water partition coefficient (Wildman–Crippen LogP) is 7.11. The highest BCUT2D eigenvalue weighted by molar-refractivity contribution is 7.90. The van der Waals surface area contributed by atoms with Crippen LogP contribution in [0.5, 0.6) is 11.6 Å². The molecule has 0 bridgehead atoms. The lowest BCUT2D eigenvalue weighted by Gasteiger charge is -2.33. The number of ether oxygens (including phenoxy) is 3. The first kappa shape index (κ1) is 43.7. The van der Waals surface area contributed by atoms with Gasteiger partial charge in [-0.25, -0.2) is 13.4 Å². The molecular formula is C41H51ClF3N3O9S. The Hall–Kier alpha value is -3.92. The summed E-state index contributed by atoms with van der Waals surface area (Å²) in [6, 6.07) is 3.94. The fourth-order valence-corrected chi connectivity index (χ4v) is 9.92. The van der Waals surface area contributed by atoms with Crippen molar-refractivity contribution < 1.29 is 55.0 Å². The van der Waals surface area contributed by atoms with Crippen LogP contribution in [0, 0.1) is 29.1 Å². The summed E-state index contributed by atoms with van der Waals surface area (Å²) in [6.45, 7) is 7.19. The average molecular weight is 854 g/mol. The second-order valence-corrected chi connectivity index (χ2v) is 19.3. The molecule has 0 unspecified atom stereocenters. The maximum absolute atomic E-state index is 14.8. The number of halogens is 4. The van der Waals surface area contributed by atoms with E-state index in [0.29, 0.717) is 60.3 Å². The number of sulfonamides is 1. The smallest absolute Gasteiger partial charge is 0.427 e. The van der Waals surface area contributed by atoms with Crippen molar-refractivity contribution in [3.05, 3.63) is 41.6 Å². The SMILES string of the molecule is CCOc1cnc(O[C@@H]2C[C@H]3C(=O)C[C@]4(C(=O)NS(=O)(=O)C5CC5)C[C@H]4/C=C\CC[C@@H](C)C[C@@H](C)[C@H](CC(=O)OC(C)(C)C(F)(F)F)C(=O)N3C2)c2cccc(Cl)c12. The number of hydrogen-bond acceptors (Lipinski definition) is 10. The summed E-state index contributed by atoms with van der Waals surface area (Å²) in [5.74, 6) is -4.68. The molecule has 1 aromatic heterocycles. The minimum atomic E-state index is -4.87. The topological polar surface area (TPSA) is 158 Å². The van der Waals surface area contributed by atoms with Crippen LogP contribution in [0.4, 0.5) is 13.2 Å². The molecule has 2 saturated carbocycles. The summed E-state index contributed by atoms with van der Waals surface area (Å²) in [4.78, 5) is 62.3. The third kappa shape index (κ3) is 9.27. The second-order valence-electron chi connectivity index (χ2n) is 16.9. The van der Waals surface area contributed by atoms with Crippen LogP contribution in [-0.2, 0) is 33.9 Å². The molecule has 6 rings (SSSR count). The third-order valence-corrected chi connectivity index (χ3v) is 14.1. The minimum Gasteiger partial charge on any atom is -0.492 e. The van der Waals surface area contributed by atoms with Gasteiger partial charge in [-0.05, 0) is 89.2 Å². The van der Waals surface area contributed by atoms with Crippen LogP contribution in [0.2, 0.25) is 5.02 Å². The first-order valence-electron chi connectivity index (χ1n) is 19.9. The number of nitrogens with zero attached hydrogens (tertiary/aromatic N) is 2. The summed E-state index contributed by atoms with van der Waals surface area (Å²) in [7, 11) is -3.94. The van der Waals surface area contributed by atoms with Crippen molar-refractivity contribution in [2.75, 3.05) is 13.2 Å². The van der Waals surface area contributed by atoms with Crippen LogP contribution >= 0.6 is 11.6 Å². The van der Waals surface area contributed by atoms with Gasteiger partial charge in [0.2, 0.25) is 33.3 Å². The molecule has 1 N–H and O–H groups in total. The zero-order valence-corrected chi connectivity index (χ0v) is 34.8. The van der Waals surface area contributed by atoms with Crippen LogP contribution in [0.1, 0.15) is 92.4 Å². The van der Waals surface area contributed by atoms with E-state index in [-0.39, 0.29) is 37.6 Å². The summed E-state index contributed by atoms with van der Waals surface area (Å²) in [5.41, 5.74) is -4.20. The summed E-state index contributed by atoms with van der Waals surface area (Å²) >= 11 is 6.58. The van der Waals surface area contributed by atoms with E-state index in [2.05, 4.69) is 9.71 Å². The number of rotatable bonds is 10. The number of carbonyl (C=O) groups is 4. The van der Waals surface area contributed by atoms with E-state index in [1.54, 1.807) is 25.1 Å². The molecule has 0 radical (unpaired) electrons. The quantitative estimate of drug-likeness (QED) is 0.193. The van der Waals surface area contributed by atoms with Crippen molar-refractivity contribution in [2.24, 2.45) is 29.1 Å². The number of alkyl halides is 3. The van der Waals surface area contributed by atoms with Gasteiger partial charge in [-0.3, -0.25) is 23.9 Å². The number of nitrogens with one attached hydrogen (secondary N) is 1. The Labute approximate surface area is 341 Å². The van der Waals surface area contributed by atoms with Crippen LogP contribution < -0.4 is 14.2 Å². The molecule has 2 aromatic rings. The van der Waals surface area contributed by atoms with Crippen molar-refractivity contribution in [3.63, 3.8) is 0 Å². The minimum absolute atomic E-state index is 0.0107. The number of ketones is 1. The molecule has 3 fully saturated rings.